The van der Waals surface area contributed by atoms with Crippen molar-refractivity contribution in [3.05, 3.63) is 61.6 Å². The number of benzene rings is 1. The van der Waals surface area contributed by atoms with Gasteiger partial charge in [0.25, 0.3) is 0 Å². The molecule has 2 N–H and O–H groups in total. The fourth-order valence-electron chi connectivity index (χ4n) is 2.80. The molecule has 1 aromatic carbocycles. The normalized spacial score (nSPS) is 10.9. The van der Waals surface area contributed by atoms with E-state index in [0.29, 0.717) is 28.2 Å². The van der Waals surface area contributed by atoms with Crippen molar-refractivity contribution in [1.82, 2.24) is 24.9 Å². The standard InChI is InChI=1S/C18H19BrCl2N6S/c1-10-17(24-18(28)22-8-16-13(19)7-23-26(16)3)11(2)27(25-10)9-12-4-5-14(20)15(21)6-12/h4-7H,8-9H2,1-3H3,(H2,22,24,28). The van der Waals surface area contributed by atoms with E-state index in [-0.39, 0.29) is 0 Å². The van der Waals surface area contributed by atoms with E-state index in [0.717, 1.165) is 32.8 Å². The highest BCUT2D eigenvalue weighted by molar-refractivity contribution is 9.10. The molecule has 0 fully saturated rings. The first kappa shape index (κ1) is 21.1. The Kier molecular flexibility index (Phi) is 6.65. The Morgan fingerprint density at radius 2 is 2.00 bits per heavy atom. The zero-order valence-corrected chi connectivity index (χ0v) is 19.5. The van der Waals surface area contributed by atoms with Crippen LogP contribution in [0.1, 0.15) is 22.6 Å². The van der Waals surface area contributed by atoms with Gasteiger partial charge in [0.05, 0.1) is 56.6 Å². The average Bonchev–Trinajstić information content (AvgIpc) is 3.10. The summed E-state index contributed by atoms with van der Waals surface area (Å²) in [6.45, 7) is 5.09. The molecule has 0 unspecified atom stereocenters. The Hall–Kier alpha value is -1.61. The van der Waals surface area contributed by atoms with E-state index >= 15 is 0 Å². The molecule has 0 aliphatic rings. The summed E-state index contributed by atoms with van der Waals surface area (Å²) in [5.41, 5.74) is 4.76. The third-order valence-corrected chi connectivity index (χ3v) is 6.01. The summed E-state index contributed by atoms with van der Waals surface area (Å²) in [7, 11) is 1.89. The molecule has 10 heteroatoms. The van der Waals surface area contributed by atoms with E-state index in [2.05, 4.69) is 36.8 Å². The number of aryl methyl sites for hydroxylation is 2. The predicted molar refractivity (Wildman–Crippen MR) is 121 cm³/mol. The van der Waals surface area contributed by atoms with Crippen molar-refractivity contribution in [2.45, 2.75) is 26.9 Å². The highest BCUT2D eigenvalue weighted by atomic mass is 79.9. The van der Waals surface area contributed by atoms with Gasteiger partial charge in [-0.2, -0.15) is 10.2 Å². The smallest absolute Gasteiger partial charge is 0.171 e. The molecule has 6 nitrogen and oxygen atoms in total. The number of halogens is 3. The third kappa shape index (κ3) is 4.68. The predicted octanol–water partition coefficient (Wildman–Crippen LogP) is 4.84. The summed E-state index contributed by atoms with van der Waals surface area (Å²) < 4.78 is 4.65. The fourth-order valence-corrected chi connectivity index (χ4v) is 3.78. The fraction of sp³-hybridized carbons (Fsp3) is 0.278. The summed E-state index contributed by atoms with van der Waals surface area (Å²) in [6, 6.07) is 5.58. The molecular weight excluding hydrogens is 483 g/mol. The van der Waals surface area contributed by atoms with Gasteiger partial charge in [-0.25, -0.2) is 0 Å². The first-order valence-electron chi connectivity index (χ1n) is 8.45. The van der Waals surface area contributed by atoms with Crippen molar-refractivity contribution < 1.29 is 0 Å². The minimum absolute atomic E-state index is 0.522. The lowest BCUT2D eigenvalue weighted by Crippen LogP contribution is -2.29. The summed E-state index contributed by atoms with van der Waals surface area (Å²) in [6.07, 6.45) is 1.76. The maximum atomic E-state index is 6.12. The number of nitrogens with zero attached hydrogens (tertiary/aromatic N) is 4. The largest absolute Gasteiger partial charge is 0.357 e. The van der Waals surface area contributed by atoms with E-state index in [1.165, 1.54) is 0 Å². The Morgan fingerprint density at radius 1 is 1.25 bits per heavy atom. The highest BCUT2D eigenvalue weighted by Gasteiger charge is 2.14. The molecule has 0 aliphatic carbocycles. The number of nitrogens with one attached hydrogen (secondary N) is 2. The van der Waals surface area contributed by atoms with Crippen molar-refractivity contribution in [2.24, 2.45) is 7.05 Å². The third-order valence-electron chi connectivity index (χ3n) is 4.36. The van der Waals surface area contributed by atoms with Crippen LogP contribution >= 0.6 is 51.3 Å². The van der Waals surface area contributed by atoms with Crippen molar-refractivity contribution in [2.75, 3.05) is 5.32 Å². The van der Waals surface area contributed by atoms with E-state index in [1.54, 1.807) is 16.9 Å². The zero-order chi connectivity index (χ0) is 20.4. The molecule has 0 atom stereocenters. The average molecular weight is 502 g/mol. The van der Waals surface area contributed by atoms with E-state index < -0.39 is 0 Å². The van der Waals surface area contributed by atoms with Crippen LogP contribution in [0.25, 0.3) is 0 Å². The van der Waals surface area contributed by atoms with Gasteiger partial charge in [0, 0.05) is 7.05 Å². The molecule has 28 heavy (non-hydrogen) atoms. The molecule has 2 heterocycles. The lowest BCUT2D eigenvalue weighted by molar-refractivity contribution is 0.659. The van der Waals surface area contributed by atoms with E-state index in [4.69, 9.17) is 35.4 Å². The summed E-state index contributed by atoms with van der Waals surface area (Å²) in [4.78, 5) is 0. The van der Waals surface area contributed by atoms with Gasteiger partial charge in [-0.15, -0.1) is 0 Å². The van der Waals surface area contributed by atoms with Gasteiger partial charge in [0.2, 0.25) is 0 Å². The van der Waals surface area contributed by atoms with Crippen LogP contribution in [0, 0.1) is 13.8 Å². The minimum atomic E-state index is 0.522. The Bertz CT molecular complexity index is 1010. The van der Waals surface area contributed by atoms with Crippen LogP contribution in [-0.2, 0) is 20.1 Å². The molecular formula is C18H19BrCl2N6S. The van der Waals surface area contributed by atoms with Gasteiger partial charge < -0.3 is 10.6 Å². The second kappa shape index (κ2) is 8.82. The maximum Gasteiger partial charge on any atom is 0.171 e. The second-order valence-corrected chi connectivity index (χ2v) is 8.40. The number of rotatable bonds is 5. The number of hydrogen-bond acceptors (Lipinski definition) is 3. The van der Waals surface area contributed by atoms with Crippen LogP contribution in [0.4, 0.5) is 5.69 Å². The Labute approximate surface area is 187 Å². The zero-order valence-electron chi connectivity index (χ0n) is 15.6. The number of thiocarbonyl (C=S) groups is 1. The molecule has 0 aliphatic heterocycles. The second-order valence-electron chi connectivity index (χ2n) is 6.32. The first-order valence-corrected chi connectivity index (χ1v) is 10.4. The maximum absolute atomic E-state index is 6.12. The number of anilines is 1. The monoisotopic (exact) mass is 500 g/mol. The highest BCUT2D eigenvalue weighted by Crippen LogP contribution is 2.25. The van der Waals surface area contributed by atoms with Gasteiger partial charge in [-0.1, -0.05) is 29.3 Å². The lowest BCUT2D eigenvalue weighted by atomic mass is 10.2. The SMILES string of the molecule is Cc1nn(Cc2ccc(Cl)c(Cl)c2)c(C)c1NC(=S)NCc1c(Br)cnn1C. The molecule has 0 bridgehead atoms. The topological polar surface area (TPSA) is 59.7 Å². The van der Waals surface area contributed by atoms with Crippen LogP contribution < -0.4 is 10.6 Å². The molecule has 0 spiro atoms. The van der Waals surface area contributed by atoms with Crippen molar-refractivity contribution in [3.8, 4) is 0 Å². The summed E-state index contributed by atoms with van der Waals surface area (Å²) in [5, 5.41) is 16.9. The van der Waals surface area contributed by atoms with Gasteiger partial charge in [0.15, 0.2) is 5.11 Å². The van der Waals surface area contributed by atoms with Crippen molar-refractivity contribution in [3.63, 3.8) is 0 Å². The van der Waals surface area contributed by atoms with Gasteiger partial charge >= 0.3 is 0 Å². The van der Waals surface area contributed by atoms with Gasteiger partial charge in [0.1, 0.15) is 0 Å². The molecule has 3 rings (SSSR count). The number of aromatic nitrogens is 4. The molecule has 0 saturated carbocycles. The van der Waals surface area contributed by atoms with Crippen LogP contribution in [0.3, 0.4) is 0 Å². The molecule has 2 aromatic heterocycles. The molecule has 148 valence electrons. The van der Waals surface area contributed by atoms with Crippen LogP contribution in [0.15, 0.2) is 28.9 Å². The quantitative estimate of drug-likeness (QED) is 0.490. The van der Waals surface area contributed by atoms with E-state index in [1.807, 2.05) is 37.7 Å². The van der Waals surface area contributed by atoms with Crippen LogP contribution in [0.2, 0.25) is 10.0 Å². The van der Waals surface area contributed by atoms with Crippen LogP contribution in [-0.4, -0.2) is 24.7 Å². The number of hydrogen-bond donors (Lipinski definition) is 2. The van der Waals surface area contributed by atoms with Crippen molar-refractivity contribution in [1.29, 1.82) is 0 Å². The Balaban J connectivity index is 1.69. The molecule has 0 amide bonds. The summed E-state index contributed by atoms with van der Waals surface area (Å²) in [5.74, 6) is 0. The lowest BCUT2D eigenvalue weighted by Gasteiger charge is -2.12. The van der Waals surface area contributed by atoms with Crippen molar-refractivity contribution >= 4 is 62.1 Å². The minimum Gasteiger partial charge on any atom is -0.357 e. The van der Waals surface area contributed by atoms with Gasteiger partial charge in [-0.05, 0) is 59.7 Å². The first-order chi connectivity index (χ1) is 13.3. The Morgan fingerprint density at radius 3 is 2.64 bits per heavy atom. The van der Waals surface area contributed by atoms with Gasteiger partial charge in [-0.3, -0.25) is 9.36 Å². The summed E-state index contributed by atoms with van der Waals surface area (Å²) >= 11 is 21.0. The van der Waals surface area contributed by atoms with Crippen LogP contribution in [0.5, 0.6) is 0 Å². The molecule has 3 aromatic rings. The molecule has 0 radical (unpaired) electrons. The van der Waals surface area contributed by atoms with E-state index in [9.17, 15) is 0 Å². The molecule has 0 saturated heterocycles.